The number of benzene rings is 2. The first-order valence-electron chi connectivity index (χ1n) is 7.45. The number of hydrogen-bond acceptors (Lipinski definition) is 5. The number of fused-ring (bicyclic) bond motifs is 1. The van der Waals surface area contributed by atoms with Gasteiger partial charge in [-0.3, -0.25) is 4.79 Å². The minimum Gasteiger partial charge on any atom is -0.497 e. The van der Waals surface area contributed by atoms with Gasteiger partial charge in [-0.25, -0.2) is 0 Å². The summed E-state index contributed by atoms with van der Waals surface area (Å²) >= 11 is 7.30. The molecule has 2 aromatic carbocycles. The first-order valence-corrected chi connectivity index (χ1v) is 8.65. The topological polar surface area (TPSA) is 56.5 Å². The van der Waals surface area contributed by atoms with Crippen molar-refractivity contribution in [3.05, 3.63) is 74.0 Å². The van der Waals surface area contributed by atoms with Gasteiger partial charge in [0.05, 0.1) is 11.6 Å². The number of hydrogen-bond donors (Lipinski definition) is 0. The number of ether oxygens (including phenoxy) is 1. The van der Waals surface area contributed by atoms with Crippen LogP contribution in [0, 0.1) is 0 Å². The Morgan fingerprint density at radius 2 is 2.04 bits per heavy atom. The highest BCUT2D eigenvalue weighted by Crippen LogP contribution is 2.20. The maximum Gasteiger partial charge on any atom is 0.291 e. The quantitative estimate of drug-likeness (QED) is 0.557. The maximum absolute atomic E-state index is 12.6. The van der Waals surface area contributed by atoms with E-state index >= 15 is 0 Å². The first-order chi connectivity index (χ1) is 12.1. The van der Waals surface area contributed by atoms with Crippen molar-refractivity contribution in [3.63, 3.8) is 0 Å². The summed E-state index contributed by atoms with van der Waals surface area (Å²) in [4.78, 5) is 17.6. The smallest absolute Gasteiger partial charge is 0.291 e. The average molecular weight is 370 g/mol. The Kier molecular flexibility index (Phi) is 3.99. The van der Waals surface area contributed by atoms with Crippen molar-refractivity contribution in [2.45, 2.75) is 0 Å². The predicted molar refractivity (Wildman–Crippen MR) is 99.4 cm³/mol. The van der Waals surface area contributed by atoms with Gasteiger partial charge in [0.15, 0.2) is 5.82 Å². The second-order valence-corrected chi connectivity index (χ2v) is 6.78. The van der Waals surface area contributed by atoms with Crippen molar-refractivity contribution in [1.29, 1.82) is 0 Å². The van der Waals surface area contributed by atoms with Crippen molar-refractivity contribution in [2.24, 2.45) is 0 Å². The molecule has 0 bridgehead atoms. The van der Waals surface area contributed by atoms with Crippen LogP contribution in [0.3, 0.4) is 0 Å². The summed E-state index contributed by atoms with van der Waals surface area (Å²) in [5, 5.41) is 4.92. The highest BCUT2D eigenvalue weighted by molar-refractivity contribution is 7.15. The summed E-state index contributed by atoms with van der Waals surface area (Å²) in [6.07, 6.45) is 1.81. The van der Waals surface area contributed by atoms with E-state index in [1.807, 2.05) is 42.5 Å². The van der Waals surface area contributed by atoms with Gasteiger partial charge in [-0.15, -0.1) is 5.10 Å². The molecule has 0 aliphatic rings. The number of aromatic nitrogens is 3. The van der Waals surface area contributed by atoms with E-state index in [0.29, 0.717) is 20.3 Å². The molecule has 2 heterocycles. The van der Waals surface area contributed by atoms with Crippen LogP contribution in [0.4, 0.5) is 0 Å². The highest BCUT2D eigenvalue weighted by Gasteiger charge is 2.12. The molecule has 25 heavy (non-hydrogen) atoms. The maximum atomic E-state index is 12.6. The van der Waals surface area contributed by atoms with E-state index < -0.39 is 0 Å². The van der Waals surface area contributed by atoms with Crippen molar-refractivity contribution < 1.29 is 4.74 Å². The van der Waals surface area contributed by atoms with Gasteiger partial charge in [0.2, 0.25) is 4.96 Å². The zero-order valence-corrected chi connectivity index (χ0v) is 14.7. The van der Waals surface area contributed by atoms with Crippen LogP contribution < -0.4 is 14.8 Å². The first kappa shape index (κ1) is 15.8. The molecule has 0 saturated carbocycles. The number of thiazole rings is 1. The minimum absolute atomic E-state index is 0.191. The molecule has 5 nitrogen and oxygen atoms in total. The molecule has 0 spiro atoms. The van der Waals surface area contributed by atoms with Crippen molar-refractivity contribution >= 4 is 34.0 Å². The Balaban J connectivity index is 1.80. The zero-order valence-electron chi connectivity index (χ0n) is 13.1. The minimum atomic E-state index is -0.191. The lowest BCUT2D eigenvalue weighted by molar-refractivity contribution is 0.414. The van der Waals surface area contributed by atoms with E-state index in [0.717, 1.165) is 16.9 Å². The standard InChI is InChI=1S/C18H12ClN3O2S/c1-24-14-7-2-4-11(8-14)9-15-17(23)22-18(25-15)20-16(21-22)12-5-3-6-13(19)10-12/h2-10H,1H3/b15-9+. The van der Waals surface area contributed by atoms with Crippen LogP contribution in [0.1, 0.15) is 5.56 Å². The van der Waals surface area contributed by atoms with Crippen LogP contribution in [0.2, 0.25) is 5.02 Å². The Hall–Kier alpha value is -2.70. The lowest BCUT2D eigenvalue weighted by atomic mass is 10.2. The third kappa shape index (κ3) is 3.01. The van der Waals surface area contributed by atoms with E-state index in [1.54, 1.807) is 19.2 Å². The third-order valence-electron chi connectivity index (χ3n) is 3.66. The molecule has 124 valence electrons. The van der Waals surface area contributed by atoms with Crippen molar-refractivity contribution in [3.8, 4) is 17.1 Å². The molecule has 0 amide bonds. The van der Waals surface area contributed by atoms with E-state index in [9.17, 15) is 4.79 Å². The van der Waals surface area contributed by atoms with E-state index in [-0.39, 0.29) is 5.56 Å². The molecule has 7 heteroatoms. The monoisotopic (exact) mass is 369 g/mol. The van der Waals surface area contributed by atoms with Gasteiger partial charge in [0, 0.05) is 10.6 Å². The fourth-order valence-electron chi connectivity index (χ4n) is 2.47. The van der Waals surface area contributed by atoms with E-state index in [4.69, 9.17) is 16.3 Å². The predicted octanol–water partition coefficient (Wildman–Crippen LogP) is 3.03. The van der Waals surface area contributed by atoms with Gasteiger partial charge in [-0.2, -0.15) is 9.50 Å². The van der Waals surface area contributed by atoms with Gasteiger partial charge in [0.25, 0.3) is 5.56 Å². The third-order valence-corrected chi connectivity index (χ3v) is 4.85. The molecular formula is C18H12ClN3O2S. The highest BCUT2D eigenvalue weighted by atomic mass is 35.5. The second kappa shape index (κ2) is 6.31. The Morgan fingerprint density at radius 1 is 1.20 bits per heavy atom. The summed E-state index contributed by atoms with van der Waals surface area (Å²) in [5.41, 5.74) is 1.47. The Morgan fingerprint density at radius 3 is 2.80 bits per heavy atom. The lowest BCUT2D eigenvalue weighted by Crippen LogP contribution is -2.23. The molecule has 0 atom stereocenters. The molecule has 0 saturated heterocycles. The summed E-state index contributed by atoms with van der Waals surface area (Å²) in [5.74, 6) is 1.22. The lowest BCUT2D eigenvalue weighted by Gasteiger charge is -1.99. The van der Waals surface area contributed by atoms with Gasteiger partial charge in [-0.05, 0) is 35.9 Å². The second-order valence-electron chi connectivity index (χ2n) is 5.33. The van der Waals surface area contributed by atoms with Crippen molar-refractivity contribution in [2.75, 3.05) is 7.11 Å². The van der Waals surface area contributed by atoms with Crippen molar-refractivity contribution in [1.82, 2.24) is 14.6 Å². The number of halogens is 1. The normalized spacial score (nSPS) is 12.0. The summed E-state index contributed by atoms with van der Waals surface area (Å²) < 4.78 is 7.10. The van der Waals surface area contributed by atoms with Gasteiger partial charge < -0.3 is 4.74 Å². The fourth-order valence-corrected chi connectivity index (χ4v) is 3.56. The van der Waals surface area contributed by atoms with Crippen LogP contribution in [0.5, 0.6) is 5.75 Å². The SMILES string of the molecule is COc1cccc(/C=c2/sc3nc(-c4cccc(Cl)c4)nn3c2=O)c1. The van der Waals surface area contributed by atoms with Gasteiger partial charge in [0.1, 0.15) is 5.75 Å². The summed E-state index contributed by atoms with van der Waals surface area (Å²) in [6.45, 7) is 0. The van der Waals surface area contributed by atoms with Crippen LogP contribution in [-0.2, 0) is 0 Å². The zero-order chi connectivity index (χ0) is 17.4. The number of nitrogens with zero attached hydrogens (tertiary/aromatic N) is 3. The molecule has 2 aromatic heterocycles. The van der Waals surface area contributed by atoms with Crippen LogP contribution in [0.25, 0.3) is 22.4 Å². The number of rotatable bonds is 3. The number of methoxy groups -OCH3 is 1. The van der Waals surface area contributed by atoms with Gasteiger partial charge in [-0.1, -0.05) is 47.2 Å². The average Bonchev–Trinajstić information content (AvgIpc) is 3.15. The molecule has 0 N–H and O–H groups in total. The summed E-state index contributed by atoms with van der Waals surface area (Å²) in [7, 11) is 1.61. The van der Waals surface area contributed by atoms with E-state index in [1.165, 1.54) is 15.9 Å². The molecule has 4 aromatic rings. The van der Waals surface area contributed by atoms with Crippen LogP contribution >= 0.6 is 22.9 Å². The molecule has 0 fully saturated rings. The van der Waals surface area contributed by atoms with Gasteiger partial charge >= 0.3 is 0 Å². The molecule has 0 aliphatic heterocycles. The molecule has 4 rings (SSSR count). The molecule has 0 radical (unpaired) electrons. The molecule has 0 aliphatic carbocycles. The van der Waals surface area contributed by atoms with Crippen LogP contribution in [0.15, 0.2) is 53.3 Å². The summed E-state index contributed by atoms with van der Waals surface area (Å²) in [6, 6.07) is 14.8. The Bertz CT molecular complexity index is 1180. The Labute approximate surface area is 151 Å². The largest absolute Gasteiger partial charge is 0.497 e. The molecular weight excluding hydrogens is 358 g/mol. The van der Waals surface area contributed by atoms with E-state index in [2.05, 4.69) is 10.1 Å². The molecule has 0 unspecified atom stereocenters. The van der Waals surface area contributed by atoms with Crippen LogP contribution in [-0.4, -0.2) is 21.7 Å². The fraction of sp³-hybridized carbons (Fsp3) is 0.0556.